The van der Waals surface area contributed by atoms with Crippen molar-refractivity contribution >= 4 is 27.7 Å². The van der Waals surface area contributed by atoms with Gasteiger partial charge >= 0.3 is 6.09 Å². The zero-order chi connectivity index (χ0) is 25.4. The molecular weight excluding hydrogens is 458 g/mol. The van der Waals surface area contributed by atoms with E-state index in [2.05, 4.69) is 5.32 Å². The molecule has 0 unspecified atom stereocenters. The van der Waals surface area contributed by atoms with Gasteiger partial charge < -0.3 is 9.47 Å². The molecule has 1 N–H and O–H groups in total. The fourth-order valence-electron chi connectivity index (χ4n) is 2.99. The van der Waals surface area contributed by atoms with Crippen molar-refractivity contribution in [3.05, 3.63) is 59.2 Å². The maximum absolute atomic E-state index is 12.1. The average Bonchev–Trinajstić information content (AvgIpc) is 2.71. The minimum absolute atomic E-state index is 0.0833. The average molecular weight is 492 g/mol. The molecule has 0 aliphatic carbocycles. The monoisotopic (exact) mass is 491 g/mol. The number of carbonyl (C=O) groups is 2. The molecule has 186 valence electrons. The zero-order valence-electron chi connectivity index (χ0n) is 20.3. The first-order valence-corrected chi connectivity index (χ1v) is 12.5. The smallest absolute Gasteiger partial charge is 0.412 e. The number of aryl methyl sites for hydroxylation is 2. The molecule has 0 aliphatic rings. The highest BCUT2D eigenvalue weighted by Crippen LogP contribution is 2.19. The zero-order valence-corrected chi connectivity index (χ0v) is 21.2. The third kappa shape index (κ3) is 9.62. The molecule has 2 aromatic rings. The SMILES string of the molecule is CC(=O)c1cc(CCCOCCOS(=O)(=O)c2ccc(C)cc2)cc(NC(=O)OC(C)(C)C)c1. The maximum atomic E-state index is 12.1. The van der Waals surface area contributed by atoms with Gasteiger partial charge in [-0.15, -0.1) is 0 Å². The second-order valence-electron chi connectivity index (χ2n) is 8.91. The van der Waals surface area contributed by atoms with E-state index in [1.54, 1.807) is 51.1 Å². The van der Waals surface area contributed by atoms with Crippen molar-refractivity contribution in [2.24, 2.45) is 0 Å². The summed E-state index contributed by atoms with van der Waals surface area (Å²) in [5, 5.41) is 2.67. The molecule has 2 rings (SSSR count). The van der Waals surface area contributed by atoms with E-state index in [-0.39, 0.29) is 23.9 Å². The van der Waals surface area contributed by atoms with Gasteiger partial charge in [-0.05, 0) is 83.4 Å². The third-order valence-corrected chi connectivity index (χ3v) is 5.90. The van der Waals surface area contributed by atoms with Crippen molar-refractivity contribution in [2.75, 3.05) is 25.1 Å². The molecule has 0 bridgehead atoms. The van der Waals surface area contributed by atoms with E-state index in [0.29, 0.717) is 30.7 Å². The van der Waals surface area contributed by atoms with Crippen LogP contribution in [0.4, 0.5) is 10.5 Å². The Balaban J connectivity index is 1.81. The van der Waals surface area contributed by atoms with Crippen LogP contribution in [-0.4, -0.2) is 45.7 Å². The van der Waals surface area contributed by atoms with Gasteiger partial charge in [0.2, 0.25) is 0 Å². The largest absolute Gasteiger partial charge is 0.444 e. The maximum Gasteiger partial charge on any atom is 0.412 e. The summed E-state index contributed by atoms with van der Waals surface area (Å²) in [6.45, 7) is 9.08. The summed E-state index contributed by atoms with van der Waals surface area (Å²) in [7, 11) is -3.81. The minimum Gasteiger partial charge on any atom is -0.444 e. The van der Waals surface area contributed by atoms with Gasteiger partial charge in [0.15, 0.2) is 5.78 Å². The Bertz CT molecular complexity index is 1090. The second-order valence-corrected chi connectivity index (χ2v) is 10.5. The van der Waals surface area contributed by atoms with Gasteiger partial charge in [-0.3, -0.25) is 14.3 Å². The third-order valence-electron chi connectivity index (χ3n) is 4.57. The number of hydrogen-bond acceptors (Lipinski definition) is 7. The number of nitrogens with one attached hydrogen (secondary N) is 1. The number of Topliss-reactive ketones (excluding diaryl/α,β-unsaturated/α-hetero) is 1. The first-order valence-electron chi connectivity index (χ1n) is 11.0. The predicted octanol–water partition coefficient (Wildman–Crippen LogP) is 4.90. The molecule has 0 radical (unpaired) electrons. The molecule has 0 heterocycles. The van der Waals surface area contributed by atoms with Crippen LogP contribution < -0.4 is 5.32 Å². The lowest BCUT2D eigenvalue weighted by atomic mass is 10.0. The molecule has 0 spiro atoms. The number of rotatable bonds is 11. The molecule has 1 amide bonds. The van der Waals surface area contributed by atoms with Gasteiger partial charge in [0, 0.05) is 17.9 Å². The van der Waals surface area contributed by atoms with Crippen LogP contribution in [0, 0.1) is 6.92 Å². The van der Waals surface area contributed by atoms with E-state index >= 15 is 0 Å². The van der Waals surface area contributed by atoms with Crippen LogP contribution in [0.5, 0.6) is 0 Å². The number of anilines is 1. The van der Waals surface area contributed by atoms with Gasteiger partial charge in [0.05, 0.1) is 18.1 Å². The molecule has 34 heavy (non-hydrogen) atoms. The molecule has 0 fully saturated rings. The molecular formula is C25H33NO7S. The van der Waals surface area contributed by atoms with Crippen molar-refractivity contribution in [1.82, 2.24) is 0 Å². The molecule has 0 aromatic heterocycles. The molecule has 2 aromatic carbocycles. The topological polar surface area (TPSA) is 108 Å². The molecule has 0 saturated carbocycles. The van der Waals surface area contributed by atoms with E-state index in [1.807, 2.05) is 6.92 Å². The normalized spacial score (nSPS) is 11.8. The Hall–Kier alpha value is -2.75. The highest BCUT2D eigenvalue weighted by Gasteiger charge is 2.17. The summed E-state index contributed by atoms with van der Waals surface area (Å²) in [6, 6.07) is 11.6. The lowest BCUT2D eigenvalue weighted by molar-refractivity contribution is 0.0635. The predicted molar refractivity (Wildman–Crippen MR) is 130 cm³/mol. The summed E-state index contributed by atoms with van der Waals surface area (Å²) in [4.78, 5) is 24.1. The number of ketones is 1. The Morgan fingerprint density at radius 2 is 1.65 bits per heavy atom. The molecule has 0 atom stereocenters. The highest BCUT2D eigenvalue weighted by atomic mass is 32.2. The Morgan fingerprint density at radius 1 is 0.971 bits per heavy atom. The molecule has 0 saturated heterocycles. The minimum atomic E-state index is -3.81. The summed E-state index contributed by atoms with van der Waals surface area (Å²) in [5.74, 6) is -0.114. The van der Waals surface area contributed by atoms with E-state index in [0.717, 1.165) is 11.1 Å². The van der Waals surface area contributed by atoms with Crippen LogP contribution in [0.1, 0.15) is 55.6 Å². The number of benzene rings is 2. The number of carbonyl (C=O) groups excluding carboxylic acids is 2. The van der Waals surface area contributed by atoms with E-state index < -0.39 is 21.8 Å². The number of hydrogen-bond donors (Lipinski definition) is 1. The van der Waals surface area contributed by atoms with Gasteiger partial charge in [0.25, 0.3) is 10.1 Å². The summed E-state index contributed by atoms with van der Waals surface area (Å²) in [6.07, 6.45) is 0.646. The van der Waals surface area contributed by atoms with Gasteiger partial charge in [0.1, 0.15) is 5.60 Å². The molecule has 0 aliphatic heterocycles. The first kappa shape index (κ1) is 27.5. The van der Waals surface area contributed by atoms with E-state index in [9.17, 15) is 18.0 Å². The van der Waals surface area contributed by atoms with Gasteiger partial charge in [-0.25, -0.2) is 4.79 Å². The summed E-state index contributed by atoms with van der Waals surface area (Å²) >= 11 is 0. The fourth-order valence-corrected chi connectivity index (χ4v) is 3.88. The van der Waals surface area contributed by atoms with Crippen molar-refractivity contribution < 1.29 is 31.7 Å². The van der Waals surface area contributed by atoms with Crippen LogP contribution in [0.15, 0.2) is 47.4 Å². The lowest BCUT2D eigenvalue weighted by Crippen LogP contribution is -2.27. The highest BCUT2D eigenvalue weighted by molar-refractivity contribution is 7.86. The van der Waals surface area contributed by atoms with E-state index in [1.165, 1.54) is 19.1 Å². The van der Waals surface area contributed by atoms with Crippen LogP contribution in [-0.2, 0) is 30.2 Å². The standard InChI is InChI=1S/C25H33NO7S/c1-18-8-10-23(11-9-18)34(29,30)32-14-13-31-12-6-7-20-15-21(19(2)27)17-22(16-20)26-24(28)33-25(3,4)5/h8-11,15-17H,6-7,12-14H2,1-5H3,(H,26,28). The van der Waals surface area contributed by atoms with Crippen LogP contribution >= 0.6 is 0 Å². The summed E-state index contributed by atoms with van der Waals surface area (Å²) < 4.78 is 40.0. The molecule has 8 nitrogen and oxygen atoms in total. The van der Waals surface area contributed by atoms with Crippen LogP contribution in [0.2, 0.25) is 0 Å². The van der Waals surface area contributed by atoms with Crippen LogP contribution in [0.3, 0.4) is 0 Å². The summed E-state index contributed by atoms with van der Waals surface area (Å²) in [5.41, 5.74) is 2.15. The van der Waals surface area contributed by atoms with Gasteiger partial charge in [-0.1, -0.05) is 17.7 Å². The van der Waals surface area contributed by atoms with Crippen LogP contribution in [0.25, 0.3) is 0 Å². The Kier molecular flexibility index (Phi) is 9.78. The molecule has 9 heteroatoms. The van der Waals surface area contributed by atoms with Crippen molar-refractivity contribution in [2.45, 2.75) is 58.0 Å². The van der Waals surface area contributed by atoms with Crippen molar-refractivity contribution in [1.29, 1.82) is 0 Å². The fraction of sp³-hybridized carbons (Fsp3) is 0.440. The van der Waals surface area contributed by atoms with Crippen molar-refractivity contribution in [3.63, 3.8) is 0 Å². The lowest BCUT2D eigenvalue weighted by Gasteiger charge is -2.20. The first-order chi connectivity index (χ1) is 15.9. The quantitative estimate of drug-likeness (QED) is 0.271. The van der Waals surface area contributed by atoms with E-state index in [4.69, 9.17) is 13.7 Å². The number of amides is 1. The second kappa shape index (κ2) is 12.1. The Morgan fingerprint density at radius 3 is 2.26 bits per heavy atom. The number of ether oxygens (including phenoxy) is 2. The van der Waals surface area contributed by atoms with Gasteiger partial charge in [-0.2, -0.15) is 8.42 Å². The van der Waals surface area contributed by atoms with Crippen molar-refractivity contribution in [3.8, 4) is 0 Å². The Labute approximate surface area is 201 Å².